The number of hydrogen-bond donors (Lipinski definition) is 1. The van der Waals surface area contributed by atoms with Crippen molar-refractivity contribution in [3.05, 3.63) is 29.8 Å². The van der Waals surface area contributed by atoms with Gasteiger partial charge >= 0.3 is 6.36 Å². The lowest BCUT2D eigenvalue weighted by Crippen LogP contribution is -2.43. The van der Waals surface area contributed by atoms with Crippen LogP contribution >= 0.6 is 0 Å². The van der Waals surface area contributed by atoms with E-state index in [0.29, 0.717) is 12.5 Å². The molecule has 2 rings (SSSR count). The fourth-order valence-corrected chi connectivity index (χ4v) is 2.54. The summed E-state index contributed by atoms with van der Waals surface area (Å²) in [7, 11) is 0. The molecule has 0 radical (unpaired) electrons. The summed E-state index contributed by atoms with van der Waals surface area (Å²) < 4.78 is 40.3. The zero-order chi connectivity index (χ0) is 15.5. The van der Waals surface area contributed by atoms with Gasteiger partial charge in [0.25, 0.3) is 0 Å². The number of ether oxygens (including phenoxy) is 1. The summed E-state index contributed by atoms with van der Waals surface area (Å²) in [6.45, 7) is 5.49. The normalized spacial score (nSPS) is 19.5. The third-order valence-corrected chi connectivity index (χ3v) is 3.74. The number of benzene rings is 1. The molecule has 1 aromatic rings. The summed E-state index contributed by atoms with van der Waals surface area (Å²) in [4.78, 5) is 1.98. The lowest BCUT2D eigenvalue weighted by molar-refractivity contribution is -0.323. The van der Waals surface area contributed by atoms with Gasteiger partial charge in [-0.2, -0.15) is 0 Å². The first-order chi connectivity index (χ1) is 9.87. The first-order valence-corrected chi connectivity index (χ1v) is 7.14. The fraction of sp³-hybridized carbons (Fsp3) is 0.600. The van der Waals surface area contributed by atoms with Crippen LogP contribution in [-0.4, -0.2) is 32.1 Å². The molecule has 0 aliphatic carbocycles. The molecule has 0 aromatic heterocycles. The van der Waals surface area contributed by atoms with Gasteiger partial charge in [-0.1, -0.05) is 32.0 Å². The Morgan fingerprint density at radius 1 is 1.33 bits per heavy atom. The quantitative estimate of drug-likeness (QED) is 0.924. The highest BCUT2D eigenvalue weighted by atomic mass is 19.4. The van der Waals surface area contributed by atoms with Crippen LogP contribution < -0.4 is 10.2 Å². The minimum atomic E-state index is -4.57. The number of fused-ring (bicyclic) bond motifs is 1. The van der Waals surface area contributed by atoms with Crippen LogP contribution in [0.5, 0.6) is 0 Å². The Hall–Kier alpha value is -1.27. The molecule has 0 spiro atoms. The molecule has 1 aliphatic heterocycles. The Labute approximate surface area is 123 Å². The van der Waals surface area contributed by atoms with Gasteiger partial charge in [0.15, 0.2) is 0 Å². The van der Waals surface area contributed by atoms with Crippen LogP contribution in [0, 0.1) is 5.92 Å². The third-order valence-electron chi connectivity index (χ3n) is 3.74. The lowest BCUT2D eigenvalue weighted by Gasteiger charge is -2.29. The molecule has 1 aliphatic rings. The molecule has 0 amide bonds. The second kappa shape index (κ2) is 6.66. The predicted octanol–water partition coefficient (Wildman–Crippen LogP) is 3.16. The highest BCUT2D eigenvalue weighted by Crippen LogP contribution is 2.25. The summed E-state index contributed by atoms with van der Waals surface area (Å²) in [5.41, 5.74) is 2.09. The van der Waals surface area contributed by atoms with Crippen LogP contribution in [0.3, 0.4) is 0 Å². The molecule has 1 aromatic carbocycles. The zero-order valence-corrected chi connectivity index (χ0v) is 12.3. The molecular formula is C15H21F3N2O. The monoisotopic (exact) mass is 302 g/mol. The standard InChI is InChI=1S/C15H21F3N2O/c1-11(2)13-10-20(7-8-21-15(16,17)18)14-6-4-3-5-12(14)9-19-13/h3-6,11,13,19H,7-10H2,1-2H3. The summed E-state index contributed by atoms with van der Waals surface area (Å²) in [6, 6.07) is 8.05. The van der Waals surface area contributed by atoms with E-state index in [0.717, 1.165) is 17.8 Å². The third kappa shape index (κ3) is 4.61. The topological polar surface area (TPSA) is 24.5 Å². The lowest BCUT2D eigenvalue weighted by atomic mass is 10.0. The van der Waals surface area contributed by atoms with Crippen LogP contribution in [0.2, 0.25) is 0 Å². The second-order valence-electron chi connectivity index (χ2n) is 5.60. The van der Waals surface area contributed by atoms with E-state index < -0.39 is 6.36 Å². The van der Waals surface area contributed by atoms with E-state index in [1.165, 1.54) is 0 Å². The molecular weight excluding hydrogens is 281 g/mol. The van der Waals surface area contributed by atoms with Crippen LogP contribution in [0.25, 0.3) is 0 Å². The van der Waals surface area contributed by atoms with E-state index in [1.807, 2.05) is 29.2 Å². The number of nitrogens with one attached hydrogen (secondary N) is 1. The van der Waals surface area contributed by atoms with E-state index in [9.17, 15) is 13.2 Å². The van der Waals surface area contributed by atoms with Crippen LogP contribution in [-0.2, 0) is 11.3 Å². The molecule has 1 unspecified atom stereocenters. The number of alkyl halides is 3. The zero-order valence-electron chi connectivity index (χ0n) is 12.3. The van der Waals surface area contributed by atoms with Crippen molar-refractivity contribution in [1.82, 2.24) is 5.32 Å². The smallest absolute Gasteiger partial charge is 0.367 e. The van der Waals surface area contributed by atoms with Crippen molar-refractivity contribution in [2.24, 2.45) is 5.92 Å². The SMILES string of the molecule is CC(C)C1CN(CCOC(F)(F)F)c2ccccc2CN1. The minimum Gasteiger partial charge on any atom is -0.367 e. The first-order valence-electron chi connectivity index (χ1n) is 7.14. The van der Waals surface area contributed by atoms with Crippen molar-refractivity contribution in [2.45, 2.75) is 32.8 Å². The first kappa shape index (κ1) is 16.1. The number of anilines is 1. The van der Waals surface area contributed by atoms with Crippen molar-refractivity contribution in [3.8, 4) is 0 Å². The van der Waals surface area contributed by atoms with Gasteiger partial charge in [-0.3, -0.25) is 4.74 Å². The fourth-order valence-electron chi connectivity index (χ4n) is 2.54. The van der Waals surface area contributed by atoms with Gasteiger partial charge in [0.05, 0.1) is 6.61 Å². The number of rotatable bonds is 4. The molecule has 118 valence electrons. The van der Waals surface area contributed by atoms with Gasteiger partial charge in [0.1, 0.15) is 0 Å². The molecule has 1 atom stereocenters. The maximum atomic E-state index is 12.1. The molecule has 0 fully saturated rings. The molecule has 0 saturated heterocycles. The maximum Gasteiger partial charge on any atom is 0.522 e. The summed E-state index contributed by atoms with van der Waals surface area (Å²) in [6.07, 6.45) is -4.57. The van der Waals surface area contributed by atoms with Gasteiger partial charge in [0, 0.05) is 31.4 Å². The Kier molecular flexibility index (Phi) is 5.11. The highest BCUT2D eigenvalue weighted by molar-refractivity contribution is 5.54. The number of nitrogens with zero attached hydrogens (tertiary/aromatic N) is 1. The predicted molar refractivity (Wildman–Crippen MR) is 76.1 cm³/mol. The highest BCUT2D eigenvalue weighted by Gasteiger charge is 2.30. The van der Waals surface area contributed by atoms with Crippen LogP contribution in [0.15, 0.2) is 24.3 Å². The van der Waals surface area contributed by atoms with E-state index in [4.69, 9.17) is 0 Å². The average molecular weight is 302 g/mol. The summed E-state index contributed by atoms with van der Waals surface area (Å²) in [5.74, 6) is 0.408. The van der Waals surface area contributed by atoms with E-state index >= 15 is 0 Å². The molecule has 0 saturated carbocycles. The molecule has 6 heteroatoms. The second-order valence-corrected chi connectivity index (χ2v) is 5.60. The largest absolute Gasteiger partial charge is 0.522 e. The Bertz CT molecular complexity index is 462. The Morgan fingerprint density at radius 3 is 2.71 bits per heavy atom. The summed E-state index contributed by atoms with van der Waals surface area (Å²) in [5, 5.41) is 3.47. The Balaban J connectivity index is 2.10. The molecule has 21 heavy (non-hydrogen) atoms. The number of halogens is 3. The minimum absolute atomic E-state index is 0.224. The van der Waals surface area contributed by atoms with Crippen molar-refractivity contribution < 1.29 is 17.9 Å². The maximum absolute atomic E-state index is 12.1. The number of hydrogen-bond acceptors (Lipinski definition) is 3. The Morgan fingerprint density at radius 2 is 2.05 bits per heavy atom. The van der Waals surface area contributed by atoms with E-state index in [1.54, 1.807) is 0 Å². The van der Waals surface area contributed by atoms with Crippen molar-refractivity contribution in [2.75, 3.05) is 24.6 Å². The summed E-state index contributed by atoms with van der Waals surface area (Å²) >= 11 is 0. The van der Waals surface area contributed by atoms with Crippen LogP contribution in [0.4, 0.5) is 18.9 Å². The van der Waals surface area contributed by atoms with Gasteiger partial charge < -0.3 is 10.2 Å². The average Bonchev–Trinajstić information content (AvgIpc) is 2.58. The molecule has 3 nitrogen and oxygen atoms in total. The molecule has 1 N–H and O–H groups in total. The molecule has 1 heterocycles. The van der Waals surface area contributed by atoms with E-state index in [-0.39, 0.29) is 19.2 Å². The van der Waals surface area contributed by atoms with Crippen molar-refractivity contribution >= 4 is 5.69 Å². The van der Waals surface area contributed by atoms with Gasteiger partial charge in [-0.25, -0.2) is 0 Å². The van der Waals surface area contributed by atoms with E-state index in [2.05, 4.69) is 23.9 Å². The number of para-hydroxylation sites is 1. The van der Waals surface area contributed by atoms with Gasteiger partial charge in [0.2, 0.25) is 0 Å². The van der Waals surface area contributed by atoms with Crippen LogP contribution in [0.1, 0.15) is 19.4 Å². The van der Waals surface area contributed by atoms with Gasteiger partial charge in [-0.15, -0.1) is 13.2 Å². The molecule has 0 bridgehead atoms. The van der Waals surface area contributed by atoms with Gasteiger partial charge in [-0.05, 0) is 17.5 Å². The van der Waals surface area contributed by atoms with Crippen molar-refractivity contribution in [3.63, 3.8) is 0 Å². The van der Waals surface area contributed by atoms with Crippen molar-refractivity contribution in [1.29, 1.82) is 0 Å².